The van der Waals surface area contributed by atoms with Gasteiger partial charge < -0.3 is 25.8 Å². The number of benzene rings is 2. The number of hydrogen-bond acceptors (Lipinski definition) is 4. The minimum atomic E-state index is -4.77. The lowest BCUT2D eigenvalue weighted by atomic mass is 10.2. The summed E-state index contributed by atoms with van der Waals surface area (Å²) in [6.45, 7) is 2.57. The molecule has 0 unspecified atom stereocenters. The lowest BCUT2D eigenvalue weighted by Gasteiger charge is -2.15. The zero-order valence-corrected chi connectivity index (χ0v) is 19.1. The number of aliphatic imine (C=N–C) groups is 1. The van der Waals surface area contributed by atoms with Gasteiger partial charge in [0.05, 0.1) is 6.54 Å². The maximum absolute atomic E-state index is 12.6. The van der Waals surface area contributed by atoms with E-state index in [1.165, 1.54) is 18.2 Å². The quantitative estimate of drug-likeness (QED) is 0.252. The number of ether oxygens (including phenoxy) is 2. The van der Waals surface area contributed by atoms with Gasteiger partial charge in [-0.15, -0.1) is 37.1 Å². The van der Waals surface area contributed by atoms with E-state index in [2.05, 4.69) is 20.4 Å². The smallest absolute Gasteiger partial charge is 0.484 e. The number of guanidine groups is 1. The Hall–Kier alpha value is -2.70. The minimum absolute atomic E-state index is 0. The van der Waals surface area contributed by atoms with Crippen molar-refractivity contribution in [2.75, 3.05) is 13.2 Å². The van der Waals surface area contributed by atoms with Crippen LogP contribution in [-0.4, -0.2) is 31.4 Å². The van der Waals surface area contributed by atoms with Crippen molar-refractivity contribution in [2.45, 2.75) is 26.4 Å². The van der Waals surface area contributed by atoms with Gasteiger partial charge in [0.2, 0.25) is 0 Å². The second-order valence-electron chi connectivity index (χ2n) is 6.11. The lowest BCUT2D eigenvalue weighted by molar-refractivity contribution is -0.274. The number of alkyl halides is 3. The third kappa shape index (κ3) is 10.2. The van der Waals surface area contributed by atoms with Crippen LogP contribution < -0.4 is 25.8 Å². The molecule has 7 nitrogen and oxygen atoms in total. The van der Waals surface area contributed by atoms with Crippen molar-refractivity contribution >= 4 is 35.8 Å². The molecule has 0 bridgehead atoms. The summed E-state index contributed by atoms with van der Waals surface area (Å²) in [4.78, 5) is 15.2. The number of nitrogens with two attached hydrogens (primary N) is 1. The van der Waals surface area contributed by atoms with Gasteiger partial charge in [0.15, 0.2) is 12.6 Å². The Morgan fingerprint density at radius 1 is 1.13 bits per heavy atom. The first-order chi connectivity index (χ1) is 14.3. The molecule has 0 radical (unpaired) electrons. The van der Waals surface area contributed by atoms with Crippen molar-refractivity contribution in [3.63, 3.8) is 0 Å². The number of nitrogens with one attached hydrogen (secondary N) is 2. The van der Waals surface area contributed by atoms with E-state index in [-0.39, 0.29) is 49.4 Å². The van der Waals surface area contributed by atoms with Gasteiger partial charge in [-0.2, -0.15) is 0 Å². The van der Waals surface area contributed by atoms with Crippen LogP contribution in [0.5, 0.6) is 11.5 Å². The molecule has 2 aromatic carbocycles. The van der Waals surface area contributed by atoms with Crippen LogP contribution in [-0.2, 0) is 17.9 Å². The fourth-order valence-electron chi connectivity index (χ4n) is 2.45. The third-order valence-corrected chi connectivity index (χ3v) is 3.69. The van der Waals surface area contributed by atoms with E-state index in [9.17, 15) is 18.0 Å². The average Bonchev–Trinajstić information content (AvgIpc) is 2.68. The predicted molar refractivity (Wildman–Crippen MR) is 121 cm³/mol. The van der Waals surface area contributed by atoms with E-state index in [1.54, 1.807) is 24.3 Å². The van der Waals surface area contributed by atoms with E-state index in [0.29, 0.717) is 23.8 Å². The highest BCUT2D eigenvalue weighted by molar-refractivity contribution is 14.0. The van der Waals surface area contributed by atoms with Crippen molar-refractivity contribution in [2.24, 2.45) is 10.7 Å². The molecule has 0 atom stereocenters. The molecule has 11 heteroatoms. The van der Waals surface area contributed by atoms with Gasteiger partial charge in [-0.3, -0.25) is 4.79 Å². The van der Waals surface area contributed by atoms with Crippen molar-refractivity contribution in [3.8, 4) is 11.5 Å². The second-order valence-corrected chi connectivity index (χ2v) is 6.11. The number of hydrogen-bond donors (Lipinski definition) is 3. The molecule has 0 saturated heterocycles. The molecule has 0 aliphatic heterocycles. The van der Waals surface area contributed by atoms with E-state index in [4.69, 9.17) is 10.5 Å². The first-order valence-electron chi connectivity index (χ1n) is 9.12. The van der Waals surface area contributed by atoms with Crippen LogP contribution in [0.25, 0.3) is 0 Å². The Morgan fingerprint density at radius 2 is 1.87 bits per heavy atom. The number of primary amides is 1. The Kier molecular flexibility index (Phi) is 10.9. The van der Waals surface area contributed by atoms with Crippen LogP contribution >= 0.6 is 24.0 Å². The highest BCUT2D eigenvalue weighted by Crippen LogP contribution is 2.26. The number of carbonyl (C=O) groups is 1. The number of amides is 1. The van der Waals surface area contributed by atoms with Crippen LogP contribution in [0.2, 0.25) is 0 Å². The Balaban J connectivity index is 0.00000480. The van der Waals surface area contributed by atoms with E-state index >= 15 is 0 Å². The largest absolute Gasteiger partial charge is 0.573 e. The molecule has 4 N–H and O–H groups in total. The maximum Gasteiger partial charge on any atom is 0.573 e. The topological polar surface area (TPSA) is 98.0 Å². The fraction of sp³-hybridized carbons (Fsp3) is 0.300. The number of nitrogens with zero attached hydrogens (tertiary/aromatic N) is 1. The summed E-state index contributed by atoms with van der Waals surface area (Å²) in [7, 11) is 0. The van der Waals surface area contributed by atoms with E-state index in [1.807, 2.05) is 13.0 Å². The fourth-order valence-corrected chi connectivity index (χ4v) is 2.45. The Morgan fingerprint density at radius 3 is 2.55 bits per heavy atom. The molecule has 2 aromatic rings. The first kappa shape index (κ1) is 26.3. The van der Waals surface area contributed by atoms with Crippen LogP contribution in [0.3, 0.4) is 0 Å². The summed E-state index contributed by atoms with van der Waals surface area (Å²) in [5.41, 5.74) is 6.21. The molecule has 0 spiro atoms. The van der Waals surface area contributed by atoms with Gasteiger partial charge in [0, 0.05) is 18.7 Å². The number of halogens is 4. The molecule has 0 aliphatic rings. The number of carbonyl (C=O) groups excluding carboxylic acids is 1. The highest BCUT2D eigenvalue weighted by Gasteiger charge is 2.31. The molecule has 0 aromatic heterocycles. The standard InChI is InChI=1S/C20H23F3N4O3.HI/c1-2-25-19(26-11-14-6-5-8-16(10-14)29-13-18(24)28)27-12-15-7-3-4-9-17(15)30-20(21,22)23;/h3-10H,2,11-13H2,1H3,(H2,24,28)(H2,25,26,27);1H. The lowest BCUT2D eigenvalue weighted by Crippen LogP contribution is -2.37. The van der Waals surface area contributed by atoms with Crippen molar-refractivity contribution < 1.29 is 27.4 Å². The molecular formula is C20H24F3IN4O3. The van der Waals surface area contributed by atoms with Crippen LogP contribution in [0.15, 0.2) is 53.5 Å². The van der Waals surface area contributed by atoms with E-state index < -0.39 is 12.3 Å². The zero-order valence-electron chi connectivity index (χ0n) is 16.7. The summed E-state index contributed by atoms with van der Waals surface area (Å²) >= 11 is 0. The molecule has 0 saturated carbocycles. The van der Waals surface area contributed by atoms with Crippen LogP contribution in [0, 0.1) is 0 Å². The number of para-hydroxylation sites is 1. The predicted octanol–water partition coefficient (Wildman–Crippen LogP) is 3.32. The van der Waals surface area contributed by atoms with Gasteiger partial charge in [-0.1, -0.05) is 30.3 Å². The third-order valence-electron chi connectivity index (χ3n) is 3.69. The van der Waals surface area contributed by atoms with Crippen molar-refractivity contribution in [1.29, 1.82) is 0 Å². The van der Waals surface area contributed by atoms with E-state index in [0.717, 1.165) is 5.56 Å². The average molecular weight is 552 g/mol. The van der Waals surface area contributed by atoms with Crippen LogP contribution in [0.4, 0.5) is 13.2 Å². The van der Waals surface area contributed by atoms with Gasteiger partial charge >= 0.3 is 6.36 Å². The van der Waals surface area contributed by atoms with Gasteiger partial charge in [-0.25, -0.2) is 4.99 Å². The van der Waals surface area contributed by atoms with Gasteiger partial charge in [0.1, 0.15) is 11.5 Å². The Bertz CT molecular complexity index is 879. The first-order valence-corrected chi connectivity index (χ1v) is 9.12. The second kappa shape index (κ2) is 12.9. The maximum atomic E-state index is 12.6. The minimum Gasteiger partial charge on any atom is -0.484 e. The molecule has 31 heavy (non-hydrogen) atoms. The van der Waals surface area contributed by atoms with Crippen molar-refractivity contribution in [1.82, 2.24) is 10.6 Å². The molecule has 0 aliphatic carbocycles. The van der Waals surface area contributed by atoms with Crippen molar-refractivity contribution in [3.05, 3.63) is 59.7 Å². The summed E-state index contributed by atoms with van der Waals surface area (Å²) in [6.07, 6.45) is -4.77. The van der Waals surface area contributed by atoms with Gasteiger partial charge in [0.25, 0.3) is 5.91 Å². The summed E-state index contributed by atoms with van der Waals surface area (Å²) < 4.78 is 47.0. The molecule has 0 heterocycles. The molecule has 170 valence electrons. The zero-order chi connectivity index (χ0) is 22.0. The highest BCUT2D eigenvalue weighted by atomic mass is 127. The SMILES string of the molecule is CCNC(=NCc1cccc(OCC(N)=O)c1)NCc1ccccc1OC(F)(F)F.I. The molecular weight excluding hydrogens is 528 g/mol. The normalized spacial score (nSPS) is 11.3. The molecule has 0 fully saturated rings. The van der Waals surface area contributed by atoms with Crippen LogP contribution in [0.1, 0.15) is 18.1 Å². The molecule has 1 amide bonds. The summed E-state index contributed by atoms with van der Waals surface area (Å²) in [5, 5.41) is 6.02. The monoisotopic (exact) mass is 552 g/mol. The molecule has 2 rings (SSSR count). The van der Waals surface area contributed by atoms with Gasteiger partial charge in [-0.05, 0) is 30.7 Å². The number of rotatable bonds is 9. The summed E-state index contributed by atoms with van der Waals surface area (Å²) in [6, 6.07) is 12.9. The Labute approximate surface area is 195 Å². The summed E-state index contributed by atoms with van der Waals surface area (Å²) in [5.74, 6) is 0.0555.